The van der Waals surface area contributed by atoms with E-state index in [2.05, 4.69) is 58.4 Å². The van der Waals surface area contributed by atoms with Gasteiger partial charge in [0.05, 0.1) is 19.3 Å². The predicted molar refractivity (Wildman–Crippen MR) is 139 cm³/mol. The van der Waals surface area contributed by atoms with Crippen molar-refractivity contribution in [1.82, 2.24) is 0 Å². The van der Waals surface area contributed by atoms with Gasteiger partial charge in [0.15, 0.2) is 16.6 Å². The highest BCUT2D eigenvalue weighted by Gasteiger charge is 2.22. The quantitative estimate of drug-likeness (QED) is 0.0830. The van der Waals surface area contributed by atoms with E-state index in [0.29, 0.717) is 6.42 Å². The second kappa shape index (κ2) is 17.1. The lowest BCUT2D eigenvalue weighted by molar-refractivity contribution is -0.140. The third-order valence-electron chi connectivity index (χ3n) is 4.99. The monoisotopic (exact) mass is 472 g/mol. The molecule has 0 radical (unpaired) electrons. The number of unbranched alkanes of at least 4 members (excludes halogenated alkanes) is 7. The number of hydrogen-bond acceptors (Lipinski definition) is 4. The molecule has 6 heteroatoms. The number of carbonyl (C=O) groups is 1. The SMILES string of the molecule is CCCCC[C@@H](/C=C/[C@@H](CCCCCCCCC(=O)OC)O[Si](C)(C)C)O[Si](C)(C)C. The second-order valence-corrected chi connectivity index (χ2v) is 19.6. The predicted octanol–water partition coefficient (Wildman–Crippen LogP) is 7.86. The number of hydrogen-bond donors (Lipinski definition) is 0. The summed E-state index contributed by atoms with van der Waals surface area (Å²) >= 11 is 0. The van der Waals surface area contributed by atoms with Crippen LogP contribution in [0.2, 0.25) is 39.3 Å². The molecule has 0 amide bonds. The highest BCUT2D eigenvalue weighted by molar-refractivity contribution is 6.70. The Hall–Kier alpha value is -0.436. The summed E-state index contributed by atoms with van der Waals surface area (Å²) in [5, 5.41) is 0. The lowest BCUT2D eigenvalue weighted by Gasteiger charge is -2.27. The molecule has 0 aromatic heterocycles. The largest absolute Gasteiger partial charge is 0.469 e. The van der Waals surface area contributed by atoms with E-state index in [9.17, 15) is 4.79 Å². The minimum absolute atomic E-state index is 0.0933. The van der Waals surface area contributed by atoms with Crippen LogP contribution in [0, 0.1) is 0 Å². The van der Waals surface area contributed by atoms with Gasteiger partial charge >= 0.3 is 5.97 Å². The van der Waals surface area contributed by atoms with Crippen molar-refractivity contribution in [2.75, 3.05) is 7.11 Å². The molecule has 0 rings (SSSR count). The average Bonchev–Trinajstić information content (AvgIpc) is 2.65. The molecule has 0 bridgehead atoms. The Kier molecular flexibility index (Phi) is 16.9. The van der Waals surface area contributed by atoms with Gasteiger partial charge in [-0.05, 0) is 58.5 Å². The van der Waals surface area contributed by atoms with Crippen LogP contribution >= 0.6 is 0 Å². The van der Waals surface area contributed by atoms with Gasteiger partial charge in [-0.15, -0.1) is 0 Å². The molecular weight excluding hydrogens is 420 g/mol. The van der Waals surface area contributed by atoms with Crippen molar-refractivity contribution < 1.29 is 18.4 Å². The van der Waals surface area contributed by atoms with Crippen molar-refractivity contribution in [3.05, 3.63) is 12.2 Å². The lowest BCUT2D eigenvalue weighted by Crippen LogP contribution is -2.33. The molecule has 0 fully saturated rings. The van der Waals surface area contributed by atoms with Crippen LogP contribution in [0.4, 0.5) is 0 Å². The van der Waals surface area contributed by atoms with Crippen LogP contribution in [0.5, 0.6) is 0 Å². The Balaban J connectivity index is 4.55. The molecule has 31 heavy (non-hydrogen) atoms. The average molecular weight is 473 g/mol. The van der Waals surface area contributed by atoms with Crippen LogP contribution in [0.3, 0.4) is 0 Å². The zero-order chi connectivity index (χ0) is 23.8. The lowest BCUT2D eigenvalue weighted by atomic mass is 10.0. The highest BCUT2D eigenvalue weighted by atomic mass is 28.4. The van der Waals surface area contributed by atoms with E-state index in [0.717, 1.165) is 25.7 Å². The summed E-state index contributed by atoms with van der Waals surface area (Å²) in [6.45, 7) is 15.9. The Labute approximate surface area is 195 Å². The summed E-state index contributed by atoms with van der Waals surface area (Å²) in [7, 11) is -1.71. The first-order valence-corrected chi connectivity index (χ1v) is 19.4. The van der Waals surface area contributed by atoms with Gasteiger partial charge in [-0.2, -0.15) is 0 Å². The first-order chi connectivity index (χ1) is 14.5. The minimum Gasteiger partial charge on any atom is -0.469 e. The van der Waals surface area contributed by atoms with Crippen LogP contribution in [0.25, 0.3) is 0 Å². The number of esters is 1. The molecule has 0 aliphatic carbocycles. The van der Waals surface area contributed by atoms with E-state index in [-0.39, 0.29) is 18.2 Å². The van der Waals surface area contributed by atoms with Crippen molar-refractivity contribution in [2.24, 2.45) is 0 Å². The molecule has 2 atom stereocenters. The standard InChI is InChI=1S/C25H52O4Si2/c1-9-10-15-18-23(28-30(3,4)5)21-22-24(29-31(6,7)8)19-16-13-11-12-14-17-20-25(26)27-2/h21-24H,9-20H2,1-8H3/b22-21+/t23-,24+/m0/s1. The molecule has 0 N–H and O–H groups in total. The summed E-state index contributed by atoms with van der Waals surface area (Å²) in [6, 6.07) is 0. The number of ether oxygens (including phenoxy) is 1. The van der Waals surface area contributed by atoms with Crippen LogP contribution in [-0.4, -0.2) is 41.9 Å². The van der Waals surface area contributed by atoms with Gasteiger partial charge in [0, 0.05) is 6.42 Å². The topological polar surface area (TPSA) is 44.8 Å². The summed E-state index contributed by atoms with van der Waals surface area (Å²) < 4.78 is 17.6. The van der Waals surface area contributed by atoms with Crippen molar-refractivity contribution >= 4 is 22.6 Å². The van der Waals surface area contributed by atoms with E-state index in [1.807, 2.05) is 0 Å². The van der Waals surface area contributed by atoms with E-state index in [1.54, 1.807) is 0 Å². The maximum absolute atomic E-state index is 11.1. The molecule has 0 unspecified atom stereocenters. The van der Waals surface area contributed by atoms with Crippen LogP contribution in [0.1, 0.15) is 84.0 Å². The smallest absolute Gasteiger partial charge is 0.305 e. The zero-order valence-corrected chi connectivity index (χ0v) is 23.9. The van der Waals surface area contributed by atoms with Gasteiger partial charge in [-0.1, -0.05) is 70.4 Å². The molecule has 0 saturated heterocycles. The van der Waals surface area contributed by atoms with E-state index in [1.165, 1.54) is 52.1 Å². The molecular formula is C25H52O4Si2. The second-order valence-electron chi connectivity index (χ2n) is 10.7. The van der Waals surface area contributed by atoms with Gasteiger partial charge in [-0.25, -0.2) is 0 Å². The van der Waals surface area contributed by atoms with Gasteiger partial charge in [0.2, 0.25) is 0 Å². The summed E-state index contributed by atoms with van der Waals surface area (Å²) in [4.78, 5) is 11.1. The van der Waals surface area contributed by atoms with Crippen molar-refractivity contribution in [3.63, 3.8) is 0 Å². The third-order valence-corrected chi connectivity index (χ3v) is 7.01. The van der Waals surface area contributed by atoms with Gasteiger partial charge in [0.25, 0.3) is 0 Å². The molecule has 0 aromatic carbocycles. The zero-order valence-electron chi connectivity index (χ0n) is 21.9. The normalized spacial score (nSPS) is 14.7. The van der Waals surface area contributed by atoms with Crippen molar-refractivity contribution in [2.45, 2.75) is 135 Å². The minimum atomic E-state index is -1.60. The Morgan fingerprint density at radius 3 is 1.55 bits per heavy atom. The summed E-state index contributed by atoms with van der Waals surface area (Å²) in [5.74, 6) is -0.0933. The van der Waals surface area contributed by atoms with E-state index >= 15 is 0 Å². The van der Waals surface area contributed by atoms with E-state index < -0.39 is 16.6 Å². The van der Waals surface area contributed by atoms with Crippen LogP contribution < -0.4 is 0 Å². The van der Waals surface area contributed by atoms with Gasteiger partial charge < -0.3 is 13.6 Å². The fraction of sp³-hybridized carbons (Fsp3) is 0.880. The molecule has 0 aromatic rings. The molecule has 4 nitrogen and oxygen atoms in total. The summed E-state index contributed by atoms with van der Waals surface area (Å²) in [6.07, 6.45) is 18.4. The maximum atomic E-state index is 11.1. The molecule has 0 spiro atoms. The maximum Gasteiger partial charge on any atom is 0.305 e. The van der Waals surface area contributed by atoms with Crippen LogP contribution in [0.15, 0.2) is 12.2 Å². The molecule has 0 aliphatic heterocycles. The number of methoxy groups -OCH3 is 1. The summed E-state index contributed by atoms with van der Waals surface area (Å²) in [5.41, 5.74) is 0. The highest BCUT2D eigenvalue weighted by Crippen LogP contribution is 2.19. The van der Waals surface area contributed by atoms with Crippen molar-refractivity contribution in [1.29, 1.82) is 0 Å². The third kappa shape index (κ3) is 21.2. The first kappa shape index (κ1) is 30.6. The number of carbonyl (C=O) groups excluding carboxylic acids is 1. The molecule has 0 saturated carbocycles. The van der Waals surface area contributed by atoms with Crippen molar-refractivity contribution in [3.8, 4) is 0 Å². The Bertz CT molecular complexity index is 481. The Morgan fingerprint density at radius 1 is 0.710 bits per heavy atom. The molecule has 0 aliphatic rings. The molecule has 0 heterocycles. The number of rotatable bonds is 19. The Morgan fingerprint density at radius 2 is 1.13 bits per heavy atom. The van der Waals surface area contributed by atoms with Gasteiger partial charge in [0.1, 0.15) is 0 Å². The van der Waals surface area contributed by atoms with Crippen LogP contribution in [-0.2, 0) is 18.4 Å². The van der Waals surface area contributed by atoms with E-state index in [4.69, 9.17) is 13.6 Å². The fourth-order valence-corrected chi connectivity index (χ4v) is 5.77. The molecule has 184 valence electrons. The van der Waals surface area contributed by atoms with Gasteiger partial charge in [-0.3, -0.25) is 4.79 Å². The first-order valence-electron chi connectivity index (χ1n) is 12.6. The fourth-order valence-electron chi connectivity index (χ4n) is 3.56.